The Kier molecular flexibility index (Phi) is 6.29. The highest BCUT2D eigenvalue weighted by atomic mass is 32.2. The zero-order valence-electron chi connectivity index (χ0n) is 13.4. The van der Waals surface area contributed by atoms with Crippen molar-refractivity contribution >= 4 is 28.5 Å². The van der Waals surface area contributed by atoms with E-state index >= 15 is 0 Å². The van der Waals surface area contributed by atoms with E-state index in [4.69, 9.17) is 0 Å². The Hall–Kier alpha value is -2.20. The molecule has 0 fully saturated rings. The maximum Gasteiger partial charge on any atom is 0.242 e. The van der Waals surface area contributed by atoms with Gasteiger partial charge in [-0.1, -0.05) is 60.7 Å². The van der Waals surface area contributed by atoms with Crippen molar-refractivity contribution in [1.29, 1.82) is 0 Å². The number of carbonyl (C=O) groups excluding carboxylic acids is 1. The van der Waals surface area contributed by atoms with Gasteiger partial charge in [-0.15, -0.1) is 0 Å². The Labute approximate surface area is 140 Å². The quantitative estimate of drug-likeness (QED) is 0.814. The Morgan fingerprint density at radius 3 is 2.26 bits per heavy atom. The van der Waals surface area contributed by atoms with Gasteiger partial charge in [-0.25, -0.2) is 0 Å². The van der Waals surface area contributed by atoms with Gasteiger partial charge < -0.3 is 4.90 Å². The Morgan fingerprint density at radius 2 is 1.65 bits per heavy atom. The van der Waals surface area contributed by atoms with Crippen LogP contribution in [0.3, 0.4) is 0 Å². The van der Waals surface area contributed by atoms with Gasteiger partial charge in [-0.3, -0.25) is 9.00 Å². The van der Waals surface area contributed by atoms with Crippen LogP contribution in [0, 0.1) is 0 Å². The molecule has 0 unspecified atom stereocenters. The normalized spacial score (nSPS) is 13.7. The van der Waals surface area contributed by atoms with E-state index in [1.165, 1.54) is 0 Å². The van der Waals surface area contributed by atoms with E-state index in [0.717, 1.165) is 11.3 Å². The summed E-state index contributed by atoms with van der Waals surface area (Å²) >= 11 is 0. The maximum absolute atomic E-state index is 12.4. The fraction of sp³-hybridized carbons (Fsp3) is 0.211. The third kappa shape index (κ3) is 4.89. The van der Waals surface area contributed by atoms with Crippen molar-refractivity contribution in [3.63, 3.8) is 0 Å². The number of carbonyl (C=O) groups is 1. The summed E-state index contributed by atoms with van der Waals surface area (Å²) in [6.07, 6.45) is 3.79. The summed E-state index contributed by atoms with van der Waals surface area (Å²) in [4.78, 5) is 14.0. The van der Waals surface area contributed by atoms with E-state index in [2.05, 4.69) is 0 Å². The maximum atomic E-state index is 12.4. The smallest absolute Gasteiger partial charge is 0.242 e. The molecular formula is C19H21NO2S. The lowest BCUT2D eigenvalue weighted by Gasteiger charge is -2.20. The SMILES string of the molecule is C[C@@H](C(=O)N(C)c1ccccc1)[S@@](=O)C/C=C/c1ccccc1. The van der Waals surface area contributed by atoms with Crippen LogP contribution >= 0.6 is 0 Å². The highest BCUT2D eigenvalue weighted by molar-refractivity contribution is 7.86. The van der Waals surface area contributed by atoms with E-state index < -0.39 is 16.0 Å². The van der Waals surface area contributed by atoms with Crippen molar-refractivity contribution < 1.29 is 9.00 Å². The zero-order chi connectivity index (χ0) is 16.7. The summed E-state index contributed by atoms with van der Waals surface area (Å²) in [5, 5.41) is -0.541. The van der Waals surface area contributed by atoms with Gasteiger partial charge in [-0.2, -0.15) is 0 Å². The van der Waals surface area contributed by atoms with Crippen LogP contribution in [0.15, 0.2) is 66.7 Å². The lowest BCUT2D eigenvalue weighted by molar-refractivity contribution is -0.117. The minimum absolute atomic E-state index is 0.136. The van der Waals surface area contributed by atoms with Gasteiger partial charge in [0.1, 0.15) is 5.25 Å². The molecule has 0 saturated heterocycles. The van der Waals surface area contributed by atoms with Gasteiger partial charge in [0.15, 0.2) is 0 Å². The van der Waals surface area contributed by atoms with Crippen molar-refractivity contribution in [2.45, 2.75) is 12.2 Å². The zero-order valence-corrected chi connectivity index (χ0v) is 14.2. The lowest BCUT2D eigenvalue weighted by atomic mass is 10.2. The van der Waals surface area contributed by atoms with Crippen LogP contribution in [-0.4, -0.2) is 28.2 Å². The number of benzene rings is 2. The molecule has 0 radical (unpaired) electrons. The fourth-order valence-electron chi connectivity index (χ4n) is 2.15. The molecule has 2 rings (SSSR count). The van der Waals surface area contributed by atoms with E-state index in [-0.39, 0.29) is 5.91 Å². The Bertz CT molecular complexity index is 683. The first-order valence-corrected chi connectivity index (χ1v) is 8.89. The van der Waals surface area contributed by atoms with Gasteiger partial charge >= 0.3 is 0 Å². The first-order chi connectivity index (χ1) is 11.1. The van der Waals surface area contributed by atoms with Crippen LogP contribution in [0.2, 0.25) is 0 Å². The molecule has 0 heterocycles. The predicted molar refractivity (Wildman–Crippen MR) is 97.8 cm³/mol. The Morgan fingerprint density at radius 1 is 1.09 bits per heavy atom. The van der Waals surface area contributed by atoms with Crippen LogP contribution < -0.4 is 4.90 Å². The third-order valence-corrected chi connectivity index (χ3v) is 5.10. The molecule has 23 heavy (non-hydrogen) atoms. The second-order valence-corrected chi connectivity index (χ2v) is 7.04. The molecule has 3 nitrogen and oxygen atoms in total. The summed E-state index contributed by atoms with van der Waals surface area (Å²) < 4.78 is 12.3. The first-order valence-electron chi connectivity index (χ1n) is 7.51. The van der Waals surface area contributed by atoms with Crippen LogP contribution in [0.1, 0.15) is 12.5 Å². The van der Waals surface area contributed by atoms with Gasteiger partial charge in [0.05, 0.1) is 0 Å². The van der Waals surface area contributed by atoms with Gasteiger partial charge in [-0.05, 0) is 24.6 Å². The number of para-hydroxylation sites is 1. The van der Waals surface area contributed by atoms with Crippen LogP contribution in [0.4, 0.5) is 5.69 Å². The first kappa shape index (κ1) is 17.2. The van der Waals surface area contributed by atoms with Crippen LogP contribution in [0.5, 0.6) is 0 Å². The summed E-state index contributed by atoms with van der Waals surface area (Å²) in [6.45, 7) is 1.72. The van der Waals surface area contributed by atoms with E-state index in [9.17, 15) is 9.00 Å². The fourth-order valence-corrected chi connectivity index (χ4v) is 3.11. The molecule has 0 aromatic heterocycles. The summed E-state index contributed by atoms with van der Waals surface area (Å²) in [5.41, 5.74) is 1.87. The molecule has 0 aliphatic rings. The molecule has 0 saturated carbocycles. The van der Waals surface area contributed by atoms with Gasteiger partial charge in [0.25, 0.3) is 0 Å². The third-order valence-electron chi connectivity index (χ3n) is 3.59. The number of hydrogen-bond donors (Lipinski definition) is 0. The van der Waals surface area contributed by atoms with Crippen molar-refractivity contribution in [1.82, 2.24) is 0 Å². The van der Waals surface area contributed by atoms with E-state index in [0.29, 0.717) is 5.75 Å². The van der Waals surface area contributed by atoms with Crippen molar-refractivity contribution in [2.24, 2.45) is 0 Å². The number of hydrogen-bond acceptors (Lipinski definition) is 2. The average molecular weight is 327 g/mol. The lowest BCUT2D eigenvalue weighted by Crippen LogP contribution is -2.37. The second-order valence-electron chi connectivity index (χ2n) is 5.24. The topological polar surface area (TPSA) is 37.4 Å². The molecule has 2 aromatic carbocycles. The molecular weight excluding hydrogens is 306 g/mol. The molecule has 120 valence electrons. The highest BCUT2D eigenvalue weighted by Gasteiger charge is 2.23. The monoisotopic (exact) mass is 327 g/mol. The molecule has 2 aromatic rings. The van der Waals surface area contributed by atoms with E-state index in [1.54, 1.807) is 18.9 Å². The summed E-state index contributed by atoms with van der Waals surface area (Å²) in [5.74, 6) is 0.229. The molecule has 0 aliphatic carbocycles. The Balaban J connectivity index is 1.94. The standard InChI is InChI=1S/C19H21NO2S/c1-16(19(21)20(2)18-13-7-4-8-14-18)23(22)15-9-12-17-10-5-3-6-11-17/h3-14,16H,15H2,1-2H3/b12-9+/t16-,23-/m0/s1. The molecule has 0 N–H and O–H groups in total. The summed E-state index contributed by atoms with van der Waals surface area (Å²) in [6, 6.07) is 19.2. The van der Waals surface area contributed by atoms with Gasteiger partial charge in [0, 0.05) is 29.3 Å². The molecule has 0 aliphatic heterocycles. The van der Waals surface area contributed by atoms with Crippen molar-refractivity contribution in [3.05, 3.63) is 72.3 Å². The molecule has 4 heteroatoms. The van der Waals surface area contributed by atoms with Crippen LogP contribution in [-0.2, 0) is 15.6 Å². The van der Waals surface area contributed by atoms with Gasteiger partial charge in [0.2, 0.25) is 5.91 Å². The number of amides is 1. The minimum atomic E-state index is -1.24. The number of nitrogens with zero attached hydrogens (tertiary/aromatic N) is 1. The van der Waals surface area contributed by atoms with Crippen molar-refractivity contribution in [2.75, 3.05) is 17.7 Å². The predicted octanol–water partition coefficient (Wildman–Crippen LogP) is 3.50. The van der Waals surface area contributed by atoms with E-state index in [1.807, 2.05) is 72.8 Å². The van der Waals surface area contributed by atoms with Crippen molar-refractivity contribution in [3.8, 4) is 0 Å². The second kappa shape index (κ2) is 8.44. The minimum Gasteiger partial charge on any atom is -0.314 e. The van der Waals surface area contributed by atoms with Crippen LogP contribution in [0.25, 0.3) is 6.08 Å². The molecule has 0 bridgehead atoms. The molecule has 2 atom stereocenters. The average Bonchev–Trinajstić information content (AvgIpc) is 2.61. The largest absolute Gasteiger partial charge is 0.314 e. The molecule has 1 amide bonds. The summed E-state index contributed by atoms with van der Waals surface area (Å²) in [7, 11) is 0.473. The number of rotatable bonds is 6. The number of anilines is 1. The highest BCUT2D eigenvalue weighted by Crippen LogP contribution is 2.14. The molecule has 0 spiro atoms.